The first kappa shape index (κ1) is 18.7. The van der Waals surface area contributed by atoms with Crippen LogP contribution in [-0.2, 0) is 22.3 Å². The van der Waals surface area contributed by atoms with Crippen LogP contribution in [0.25, 0.3) is 0 Å². The van der Waals surface area contributed by atoms with Crippen molar-refractivity contribution in [1.82, 2.24) is 15.1 Å². The molecule has 2 amide bonds. The van der Waals surface area contributed by atoms with Crippen molar-refractivity contribution in [3.63, 3.8) is 0 Å². The summed E-state index contributed by atoms with van der Waals surface area (Å²) in [5, 5.41) is 2.95. The molecule has 0 radical (unpaired) electrons. The maximum atomic E-state index is 12.6. The molecule has 0 spiro atoms. The third-order valence-corrected chi connectivity index (χ3v) is 4.83. The number of nitrogens with one attached hydrogen (secondary N) is 1. The minimum absolute atomic E-state index is 0.00894. The van der Waals surface area contributed by atoms with Gasteiger partial charge in [0.05, 0.1) is 12.1 Å². The first-order chi connectivity index (χ1) is 12.3. The predicted octanol–water partition coefficient (Wildman–Crippen LogP) is 2.02. The van der Waals surface area contributed by atoms with Crippen molar-refractivity contribution < 1.29 is 22.8 Å². The van der Waals surface area contributed by atoms with Gasteiger partial charge in [0.15, 0.2) is 0 Å². The average Bonchev–Trinajstić information content (AvgIpc) is 3.16. The number of amides is 2. The van der Waals surface area contributed by atoms with E-state index in [9.17, 15) is 22.8 Å². The number of rotatable bonds is 5. The summed E-state index contributed by atoms with van der Waals surface area (Å²) in [5.41, 5.74) is 0.164. The average molecular weight is 369 g/mol. The molecule has 2 heterocycles. The SMILES string of the molecule is O=C(CN1CCCC1=O)NC1CCN(Cc2ccc(C(F)(F)F)cc2)C1. The van der Waals surface area contributed by atoms with Crippen LogP contribution in [0.3, 0.4) is 0 Å². The van der Waals surface area contributed by atoms with E-state index in [1.54, 1.807) is 4.90 Å². The standard InChI is InChI=1S/C18H22F3N3O2/c19-18(20,21)14-5-3-13(4-6-14)10-23-9-7-15(11-23)22-16(25)12-24-8-1-2-17(24)26/h3-6,15H,1-2,7-12H2,(H,22,25). The molecule has 26 heavy (non-hydrogen) atoms. The van der Waals surface area contributed by atoms with Gasteiger partial charge in [-0.2, -0.15) is 13.2 Å². The molecule has 2 aliphatic rings. The second-order valence-corrected chi connectivity index (χ2v) is 6.90. The van der Waals surface area contributed by atoms with E-state index in [0.717, 1.165) is 37.1 Å². The molecule has 1 aromatic carbocycles. The summed E-state index contributed by atoms with van der Waals surface area (Å²) in [4.78, 5) is 27.3. The normalized spacial score (nSPS) is 21.4. The topological polar surface area (TPSA) is 52.7 Å². The van der Waals surface area contributed by atoms with Gasteiger partial charge in [-0.1, -0.05) is 12.1 Å². The molecule has 2 saturated heterocycles. The first-order valence-corrected chi connectivity index (χ1v) is 8.77. The van der Waals surface area contributed by atoms with Crippen LogP contribution in [0.5, 0.6) is 0 Å². The van der Waals surface area contributed by atoms with Gasteiger partial charge in [-0.3, -0.25) is 14.5 Å². The highest BCUT2D eigenvalue weighted by atomic mass is 19.4. The zero-order chi connectivity index (χ0) is 18.7. The van der Waals surface area contributed by atoms with Gasteiger partial charge < -0.3 is 10.2 Å². The van der Waals surface area contributed by atoms with Crippen LogP contribution in [0.1, 0.15) is 30.4 Å². The first-order valence-electron chi connectivity index (χ1n) is 8.77. The number of likely N-dealkylation sites (tertiary alicyclic amines) is 2. The highest BCUT2D eigenvalue weighted by Gasteiger charge is 2.30. The Balaban J connectivity index is 1.45. The molecule has 0 aliphatic carbocycles. The van der Waals surface area contributed by atoms with E-state index < -0.39 is 11.7 Å². The van der Waals surface area contributed by atoms with Gasteiger partial charge >= 0.3 is 6.18 Å². The summed E-state index contributed by atoms with van der Waals surface area (Å²) in [5.74, 6) is -0.128. The Morgan fingerprint density at radius 2 is 1.92 bits per heavy atom. The van der Waals surface area contributed by atoms with E-state index >= 15 is 0 Å². The fourth-order valence-electron chi connectivity index (χ4n) is 3.47. The number of hydrogen-bond donors (Lipinski definition) is 1. The third-order valence-electron chi connectivity index (χ3n) is 4.83. The summed E-state index contributed by atoms with van der Waals surface area (Å²) < 4.78 is 37.8. The largest absolute Gasteiger partial charge is 0.416 e. The lowest BCUT2D eigenvalue weighted by molar-refractivity contribution is -0.137. The number of nitrogens with zero attached hydrogens (tertiary/aromatic N) is 2. The zero-order valence-electron chi connectivity index (χ0n) is 14.4. The molecule has 2 aliphatic heterocycles. The Bertz CT molecular complexity index is 661. The Morgan fingerprint density at radius 3 is 2.54 bits per heavy atom. The van der Waals surface area contributed by atoms with Crippen LogP contribution in [0.2, 0.25) is 0 Å². The van der Waals surface area contributed by atoms with Crippen molar-refractivity contribution >= 4 is 11.8 Å². The minimum Gasteiger partial charge on any atom is -0.350 e. The van der Waals surface area contributed by atoms with Crippen molar-refractivity contribution in [2.75, 3.05) is 26.2 Å². The molecule has 2 fully saturated rings. The Hall–Kier alpha value is -2.09. The molecule has 0 bridgehead atoms. The molecule has 8 heteroatoms. The quantitative estimate of drug-likeness (QED) is 0.864. The molecule has 142 valence electrons. The van der Waals surface area contributed by atoms with Crippen LogP contribution >= 0.6 is 0 Å². The van der Waals surface area contributed by atoms with Crippen LogP contribution < -0.4 is 5.32 Å². The Morgan fingerprint density at radius 1 is 1.19 bits per heavy atom. The van der Waals surface area contributed by atoms with Crippen molar-refractivity contribution in [3.05, 3.63) is 35.4 Å². The maximum absolute atomic E-state index is 12.6. The lowest BCUT2D eigenvalue weighted by Crippen LogP contribution is -2.43. The second kappa shape index (κ2) is 7.65. The van der Waals surface area contributed by atoms with E-state index in [0.29, 0.717) is 26.1 Å². The number of benzene rings is 1. The van der Waals surface area contributed by atoms with Crippen LogP contribution in [0.15, 0.2) is 24.3 Å². The van der Waals surface area contributed by atoms with Gasteiger partial charge in [0.2, 0.25) is 11.8 Å². The highest BCUT2D eigenvalue weighted by Crippen LogP contribution is 2.29. The predicted molar refractivity (Wildman–Crippen MR) is 89.1 cm³/mol. The van der Waals surface area contributed by atoms with E-state index in [2.05, 4.69) is 10.2 Å². The Labute approximate surface area is 150 Å². The van der Waals surface area contributed by atoms with Gasteiger partial charge in [-0.05, 0) is 30.5 Å². The van der Waals surface area contributed by atoms with E-state index in [-0.39, 0.29) is 24.4 Å². The molecule has 1 aromatic rings. The lowest BCUT2D eigenvalue weighted by atomic mass is 10.1. The van der Waals surface area contributed by atoms with E-state index in [1.165, 1.54) is 12.1 Å². The van der Waals surface area contributed by atoms with E-state index in [1.807, 2.05) is 0 Å². The van der Waals surface area contributed by atoms with Crippen molar-refractivity contribution in [2.24, 2.45) is 0 Å². The van der Waals surface area contributed by atoms with E-state index in [4.69, 9.17) is 0 Å². The second-order valence-electron chi connectivity index (χ2n) is 6.90. The van der Waals surface area contributed by atoms with Crippen LogP contribution in [0, 0.1) is 0 Å². The van der Waals surface area contributed by atoms with Crippen molar-refractivity contribution in [3.8, 4) is 0 Å². The van der Waals surface area contributed by atoms with Crippen molar-refractivity contribution in [1.29, 1.82) is 0 Å². The summed E-state index contributed by atoms with van der Waals surface area (Å²) in [6, 6.07) is 5.19. The summed E-state index contributed by atoms with van der Waals surface area (Å²) in [6.07, 6.45) is -2.22. The fraction of sp³-hybridized carbons (Fsp3) is 0.556. The van der Waals surface area contributed by atoms with Gasteiger partial charge in [0.25, 0.3) is 0 Å². The summed E-state index contributed by atoms with van der Waals surface area (Å²) >= 11 is 0. The van der Waals surface area contributed by atoms with Crippen LogP contribution in [0.4, 0.5) is 13.2 Å². The molecule has 0 aromatic heterocycles. The monoisotopic (exact) mass is 369 g/mol. The van der Waals surface area contributed by atoms with Crippen LogP contribution in [-0.4, -0.2) is 53.8 Å². The molecule has 3 rings (SSSR count). The van der Waals surface area contributed by atoms with Gasteiger partial charge in [0, 0.05) is 38.6 Å². The Kier molecular flexibility index (Phi) is 5.50. The maximum Gasteiger partial charge on any atom is 0.416 e. The van der Waals surface area contributed by atoms with Gasteiger partial charge in [-0.15, -0.1) is 0 Å². The molecule has 1 atom stereocenters. The zero-order valence-corrected chi connectivity index (χ0v) is 14.4. The number of carbonyl (C=O) groups excluding carboxylic acids is 2. The minimum atomic E-state index is -4.32. The third kappa shape index (κ3) is 4.75. The molecular formula is C18H22F3N3O2. The van der Waals surface area contributed by atoms with Gasteiger partial charge in [0.1, 0.15) is 0 Å². The molecule has 0 saturated carbocycles. The molecular weight excluding hydrogens is 347 g/mol. The number of carbonyl (C=O) groups is 2. The number of hydrogen-bond acceptors (Lipinski definition) is 3. The smallest absolute Gasteiger partial charge is 0.350 e. The number of alkyl halides is 3. The molecule has 5 nitrogen and oxygen atoms in total. The summed E-state index contributed by atoms with van der Waals surface area (Å²) in [6.45, 7) is 2.72. The van der Waals surface area contributed by atoms with Gasteiger partial charge in [-0.25, -0.2) is 0 Å². The molecule has 1 unspecified atom stereocenters. The molecule has 1 N–H and O–H groups in total. The number of halogens is 3. The van der Waals surface area contributed by atoms with Crippen molar-refractivity contribution in [2.45, 2.75) is 38.0 Å². The summed E-state index contributed by atoms with van der Waals surface area (Å²) in [7, 11) is 0. The fourth-order valence-corrected chi connectivity index (χ4v) is 3.47. The lowest BCUT2D eigenvalue weighted by Gasteiger charge is -2.19. The highest BCUT2D eigenvalue weighted by molar-refractivity contribution is 5.85.